The number of nitrogens with one attached hydrogen (secondary N) is 1. The van der Waals surface area contributed by atoms with E-state index >= 15 is 0 Å². The lowest BCUT2D eigenvalue weighted by Gasteiger charge is -2.32. The Labute approximate surface area is 167 Å². The molecule has 0 fully saturated rings. The molecule has 6 heteroatoms. The minimum Gasteiger partial charge on any atom is -0.445 e. The Kier molecular flexibility index (Phi) is 4.73. The van der Waals surface area contributed by atoms with E-state index in [-0.39, 0.29) is 5.91 Å². The van der Waals surface area contributed by atoms with Gasteiger partial charge in [-0.05, 0) is 31.0 Å². The fourth-order valence-electron chi connectivity index (χ4n) is 3.33. The van der Waals surface area contributed by atoms with Crippen molar-refractivity contribution in [1.29, 1.82) is 0 Å². The van der Waals surface area contributed by atoms with Gasteiger partial charge < -0.3 is 4.74 Å². The highest BCUT2D eigenvalue weighted by molar-refractivity contribution is 7.15. The summed E-state index contributed by atoms with van der Waals surface area (Å²) in [5.74, 6) is -0.837. The van der Waals surface area contributed by atoms with Crippen LogP contribution >= 0.6 is 11.3 Å². The molecule has 142 valence electrons. The predicted molar refractivity (Wildman–Crippen MR) is 109 cm³/mol. The van der Waals surface area contributed by atoms with E-state index in [4.69, 9.17) is 4.74 Å². The highest BCUT2D eigenvalue weighted by Crippen LogP contribution is 2.31. The molecule has 0 spiro atoms. The summed E-state index contributed by atoms with van der Waals surface area (Å²) < 4.78 is 5.50. The van der Waals surface area contributed by atoms with Crippen molar-refractivity contribution in [2.24, 2.45) is 0 Å². The van der Waals surface area contributed by atoms with Gasteiger partial charge in [0, 0.05) is 23.9 Å². The highest BCUT2D eigenvalue weighted by atomic mass is 32.1. The topological polar surface area (TPSA) is 68.3 Å². The summed E-state index contributed by atoms with van der Waals surface area (Å²) >= 11 is 1.42. The van der Waals surface area contributed by atoms with Crippen LogP contribution in [0.2, 0.25) is 0 Å². The zero-order valence-corrected chi connectivity index (χ0v) is 16.5. The molecule has 1 atom stereocenters. The molecule has 1 unspecified atom stereocenters. The van der Waals surface area contributed by atoms with Crippen LogP contribution < -0.4 is 5.32 Å². The number of carbonyl (C=O) groups is 2. The van der Waals surface area contributed by atoms with Gasteiger partial charge in [0.15, 0.2) is 10.7 Å². The summed E-state index contributed by atoms with van der Waals surface area (Å²) in [6, 6.07) is 15.6. The first kappa shape index (κ1) is 18.4. The van der Waals surface area contributed by atoms with Crippen LogP contribution in [0.3, 0.4) is 0 Å². The Bertz CT molecular complexity index is 1040. The van der Waals surface area contributed by atoms with E-state index in [9.17, 15) is 9.59 Å². The molecular formula is C22H20N2O3S. The van der Waals surface area contributed by atoms with Crippen molar-refractivity contribution >= 4 is 28.3 Å². The van der Waals surface area contributed by atoms with Crippen molar-refractivity contribution in [1.82, 2.24) is 4.98 Å². The van der Waals surface area contributed by atoms with Crippen LogP contribution in [-0.2, 0) is 22.4 Å². The van der Waals surface area contributed by atoms with Crippen LogP contribution in [-0.4, -0.2) is 22.5 Å². The van der Waals surface area contributed by atoms with Crippen molar-refractivity contribution in [3.05, 3.63) is 81.9 Å². The largest absolute Gasteiger partial charge is 0.445 e. The Hall–Kier alpha value is -2.99. The van der Waals surface area contributed by atoms with Gasteiger partial charge in [-0.3, -0.25) is 10.1 Å². The lowest BCUT2D eigenvalue weighted by atomic mass is 9.88. The Morgan fingerprint density at radius 3 is 2.82 bits per heavy atom. The van der Waals surface area contributed by atoms with Crippen LogP contribution in [0.4, 0.5) is 5.13 Å². The molecule has 0 saturated carbocycles. The van der Waals surface area contributed by atoms with E-state index in [0.717, 1.165) is 22.4 Å². The second-order valence-corrected chi connectivity index (χ2v) is 8.32. The number of esters is 1. The number of cyclic esters (lactones) is 1. The van der Waals surface area contributed by atoms with Crippen molar-refractivity contribution < 1.29 is 14.3 Å². The first-order chi connectivity index (χ1) is 13.4. The molecule has 0 radical (unpaired) electrons. The highest BCUT2D eigenvalue weighted by Gasteiger charge is 2.43. The Balaban J connectivity index is 1.49. The van der Waals surface area contributed by atoms with Gasteiger partial charge in [-0.15, -0.1) is 11.3 Å². The summed E-state index contributed by atoms with van der Waals surface area (Å²) in [5.41, 5.74) is 2.32. The first-order valence-corrected chi connectivity index (χ1v) is 9.87. The third-order valence-corrected chi connectivity index (χ3v) is 5.71. The van der Waals surface area contributed by atoms with Gasteiger partial charge >= 0.3 is 5.97 Å². The van der Waals surface area contributed by atoms with Gasteiger partial charge in [-0.25, -0.2) is 9.78 Å². The number of thiazole rings is 1. The molecule has 1 aromatic heterocycles. The minimum absolute atomic E-state index is 0.337. The molecular weight excluding hydrogens is 372 g/mol. The SMILES string of the molecule is Cc1ccc2c(c1)CC(C)(C(=O)Nc1ncc(Cc3ccccc3)s1)OC2=O. The third kappa shape index (κ3) is 3.68. The lowest BCUT2D eigenvalue weighted by Crippen LogP contribution is -2.48. The second-order valence-electron chi connectivity index (χ2n) is 7.21. The number of fused-ring (bicyclic) bond motifs is 1. The first-order valence-electron chi connectivity index (χ1n) is 9.06. The maximum atomic E-state index is 12.9. The van der Waals surface area contributed by atoms with E-state index in [0.29, 0.717) is 17.1 Å². The fourth-order valence-corrected chi connectivity index (χ4v) is 4.17. The smallest absolute Gasteiger partial charge is 0.339 e. The summed E-state index contributed by atoms with van der Waals surface area (Å²) in [6.07, 6.45) is 2.86. The molecule has 2 heterocycles. The molecule has 28 heavy (non-hydrogen) atoms. The molecule has 1 aliphatic rings. The van der Waals surface area contributed by atoms with Crippen LogP contribution in [0.5, 0.6) is 0 Å². The fraction of sp³-hybridized carbons (Fsp3) is 0.227. The molecule has 1 amide bonds. The number of anilines is 1. The second kappa shape index (κ2) is 7.20. The summed E-state index contributed by atoms with van der Waals surface area (Å²) in [4.78, 5) is 30.6. The van der Waals surface area contributed by atoms with Gasteiger partial charge in [-0.2, -0.15) is 0 Å². The number of aryl methyl sites for hydroxylation is 1. The summed E-state index contributed by atoms with van der Waals surface area (Å²) in [7, 11) is 0. The minimum atomic E-state index is -1.26. The van der Waals surface area contributed by atoms with Crippen molar-refractivity contribution in [3.8, 4) is 0 Å². The maximum Gasteiger partial charge on any atom is 0.339 e. The number of hydrogen-bond donors (Lipinski definition) is 1. The molecule has 5 nitrogen and oxygen atoms in total. The lowest BCUT2D eigenvalue weighted by molar-refractivity contribution is -0.134. The van der Waals surface area contributed by atoms with E-state index in [1.807, 2.05) is 37.3 Å². The normalized spacial score (nSPS) is 18.3. The number of amides is 1. The molecule has 0 bridgehead atoms. The average Bonchev–Trinajstić information content (AvgIpc) is 3.08. The molecule has 1 N–H and O–H groups in total. The zero-order chi connectivity index (χ0) is 19.7. The Morgan fingerprint density at radius 1 is 1.25 bits per heavy atom. The standard InChI is InChI=1S/C22H20N2O3S/c1-14-8-9-18-16(10-14)12-22(2,27-19(18)25)20(26)24-21-23-13-17(28-21)11-15-6-4-3-5-7-15/h3-10,13H,11-12H2,1-2H3,(H,23,24,26). The molecule has 1 aliphatic heterocycles. The Morgan fingerprint density at radius 2 is 2.04 bits per heavy atom. The molecule has 4 rings (SSSR count). The molecule has 0 aliphatic carbocycles. The monoisotopic (exact) mass is 392 g/mol. The zero-order valence-electron chi connectivity index (χ0n) is 15.7. The van der Waals surface area contributed by atoms with Gasteiger partial charge in [0.1, 0.15) is 0 Å². The maximum absolute atomic E-state index is 12.9. The quantitative estimate of drug-likeness (QED) is 0.677. The number of hydrogen-bond acceptors (Lipinski definition) is 5. The van der Waals surface area contributed by atoms with E-state index in [1.165, 1.54) is 16.9 Å². The van der Waals surface area contributed by atoms with E-state index in [2.05, 4.69) is 22.4 Å². The van der Waals surface area contributed by atoms with Crippen LogP contribution in [0.1, 0.15) is 38.8 Å². The van der Waals surface area contributed by atoms with Crippen molar-refractivity contribution in [2.45, 2.75) is 32.3 Å². The van der Waals surface area contributed by atoms with Gasteiger partial charge in [0.25, 0.3) is 5.91 Å². The van der Waals surface area contributed by atoms with Crippen LogP contribution in [0, 0.1) is 6.92 Å². The number of rotatable bonds is 4. The molecule has 2 aromatic carbocycles. The third-order valence-electron chi connectivity index (χ3n) is 4.80. The summed E-state index contributed by atoms with van der Waals surface area (Å²) in [6.45, 7) is 3.60. The van der Waals surface area contributed by atoms with Crippen molar-refractivity contribution in [2.75, 3.05) is 5.32 Å². The molecule has 0 saturated heterocycles. The van der Waals surface area contributed by atoms with Crippen LogP contribution in [0.15, 0.2) is 54.7 Å². The van der Waals surface area contributed by atoms with Crippen LogP contribution in [0.25, 0.3) is 0 Å². The van der Waals surface area contributed by atoms with Crippen molar-refractivity contribution in [3.63, 3.8) is 0 Å². The van der Waals surface area contributed by atoms with Gasteiger partial charge in [0.05, 0.1) is 5.56 Å². The number of ether oxygens (including phenoxy) is 1. The van der Waals surface area contributed by atoms with E-state index in [1.54, 1.807) is 19.2 Å². The number of nitrogens with zero attached hydrogens (tertiary/aromatic N) is 1. The predicted octanol–water partition coefficient (Wildman–Crippen LogP) is 4.15. The van der Waals surface area contributed by atoms with Gasteiger partial charge in [-0.1, -0.05) is 48.0 Å². The van der Waals surface area contributed by atoms with E-state index < -0.39 is 11.6 Å². The molecule has 3 aromatic rings. The number of carbonyl (C=O) groups excluding carboxylic acids is 2. The number of benzene rings is 2. The average molecular weight is 392 g/mol. The number of aromatic nitrogens is 1. The summed E-state index contributed by atoms with van der Waals surface area (Å²) in [5, 5.41) is 3.32. The van der Waals surface area contributed by atoms with Gasteiger partial charge in [0.2, 0.25) is 0 Å².